The van der Waals surface area contributed by atoms with Gasteiger partial charge in [0.15, 0.2) is 0 Å². The van der Waals surface area contributed by atoms with Crippen LogP contribution in [0.4, 0.5) is 0 Å². The van der Waals surface area contributed by atoms with Crippen molar-refractivity contribution in [3.8, 4) is 5.75 Å². The summed E-state index contributed by atoms with van der Waals surface area (Å²) in [6, 6.07) is 16.8. The SMILES string of the molecule is CCOc1ccccc1C[NH+]1CCN(S(=O)(=O)c2ccccc2)CC1. The Bertz CT molecular complexity index is 785. The smallest absolute Gasteiger partial charge is 0.243 e. The van der Waals surface area contributed by atoms with Gasteiger partial charge in [0.25, 0.3) is 0 Å². The first-order valence-corrected chi connectivity index (χ1v) is 10.1. The van der Waals surface area contributed by atoms with Crippen molar-refractivity contribution >= 4 is 10.0 Å². The second-order valence-corrected chi connectivity index (χ2v) is 8.12. The molecular weight excluding hydrogens is 336 g/mol. The van der Waals surface area contributed by atoms with Crippen LogP contribution < -0.4 is 9.64 Å². The van der Waals surface area contributed by atoms with E-state index < -0.39 is 10.0 Å². The van der Waals surface area contributed by atoms with Gasteiger partial charge in [0.05, 0.1) is 37.7 Å². The fourth-order valence-electron chi connectivity index (χ4n) is 3.18. The lowest BCUT2D eigenvalue weighted by Gasteiger charge is -2.31. The first-order valence-electron chi connectivity index (χ1n) is 8.70. The molecule has 5 nitrogen and oxygen atoms in total. The van der Waals surface area contributed by atoms with Gasteiger partial charge in [-0.15, -0.1) is 0 Å². The molecule has 1 aliphatic rings. The zero-order valence-corrected chi connectivity index (χ0v) is 15.3. The Labute approximate surface area is 149 Å². The molecule has 0 spiro atoms. The Kier molecular flexibility index (Phi) is 5.73. The first kappa shape index (κ1) is 17.9. The summed E-state index contributed by atoms with van der Waals surface area (Å²) in [5, 5.41) is 0. The number of quaternary nitrogens is 1. The number of sulfonamides is 1. The van der Waals surface area contributed by atoms with Crippen molar-refractivity contribution in [1.29, 1.82) is 0 Å². The van der Waals surface area contributed by atoms with E-state index in [0.717, 1.165) is 25.4 Å². The minimum absolute atomic E-state index is 0.375. The molecule has 1 heterocycles. The van der Waals surface area contributed by atoms with Gasteiger partial charge in [-0.2, -0.15) is 4.31 Å². The van der Waals surface area contributed by atoms with Gasteiger partial charge in [0, 0.05) is 5.56 Å². The number of ether oxygens (including phenoxy) is 1. The van der Waals surface area contributed by atoms with Crippen LogP contribution in [0.15, 0.2) is 59.5 Å². The van der Waals surface area contributed by atoms with E-state index in [-0.39, 0.29) is 0 Å². The van der Waals surface area contributed by atoms with Crippen LogP contribution in [0, 0.1) is 0 Å². The summed E-state index contributed by atoms with van der Waals surface area (Å²) in [7, 11) is -3.38. The van der Waals surface area contributed by atoms with E-state index in [2.05, 4.69) is 6.07 Å². The lowest BCUT2D eigenvalue weighted by molar-refractivity contribution is -0.917. The molecule has 2 aromatic carbocycles. The maximum atomic E-state index is 12.7. The van der Waals surface area contributed by atoms with E-state index in [1.54, 1.807) is 28.6 Å². The maximum absolute atomic E-state index is 12.7. The number of rotatable bonds is 6. The summed E-state index contributed by atoms with van der Waals surface area (Å²) in [4.78, 5) is 1.76. The third kappa shape index (κ3) is 4.21. The quantitative estimate of drug-likeness (QED) is 0.841. The molecule has 0 amide bonds. The van der Waals surface area contributed by atoms with Crippen molar-refractivity contribution in [1.82, 2.24) is 4.31 Å². The predicted octanol–water partition coefficient (Wildman–Crippen LogP) is 1.17. The number of para-hydroxylation sites is 1. The molecule has 1 aliphatic heterocycles. The second kappa shape index (κ2) is 7.99. The molecule has 0 saturated carbocycles. The van der Waals surface area contributed by atoms with Crippen molar-refractivity contribution in [2.75, 3.05) is 32.8 Å². The van der Waals surface area contributed by atoms with Gasteiger partial charge in [0.1, 0.15) is 12.3 Å². The molecular formula is C19H25N2O3S+. The fraction of sp³-hybridized carbons (Fsp3) is 0.368. The summed E-state index contributed by atoms with van der Waals surface area (Å²) in [5.74, 6) is 0.928. The minimum Gasteiger partial charge on any atom is -0.493 e. The van der Waals surface area contributed by atoms with Crippen molar-refractivity contribution in [2.24, 2.45) is 0 Å². The third-order valence-corrected chi connectivity index (χ3v) is 6.44. The lowest BCUT2D eigenvalue weighted by Crippen LogP contribution is -3.13. The average molecular weight is 361 g/mol. The van der Waals surface area contributed by atoms with Crippen LogP contribution in [-0.4, -0.2) is 45.5 Å². The Morgan fingerprint density at radius 2 is 1.64 bits per heavy atom. The summed E-state index contributed by atoms with van der Waals surface area (Å²) in [6.45, 7) is 6.17. The third-order valence-electron chi connectivity index (χ3n) is 4.52. The van der Waals surface area contributed by atoms with E-state index in [0.29, 0.717) is 24.6 Å². The highest BCUT2D eigenvalue weighted by Crippen LogP contribution is 2.18. The Balaban J connectivity index is 1.63. The highest BCUT2D eigenvalue weighted by molar-refractivity contribution is 7.89. The normalized spacial score (nSPS) is 16.7. The van der Waals surface area contributed by atoms with Crippen LogP contribution in [0.1, 0.15) is 12.5 Å². The molecule has 6 heteroatoms. The number of nitrogens with one attached hydrogen (secondary N) is 1. The van der Waals surface area contributed by atoms with E-state index in [4.69, 9.17) is 4.74 Å². The molecule has 0 atom stereocenters. The topological polar surface area (TPSA) is 51.1 Å². The first-order chi connectivity index (χ1) is 12.1. The highest BCUT2D eigenvalue weighted by Gasteiger charge is 2.30. The van der Waals surface area contributed by atoms with Crippen molar-refractivity contribution in [3.63, 3.8) is 0 Å². The lowest BCUT2D eigenvalue weighted by atomic mass is 10.2. The number of benzene rings is 2. The maximum Gasteiger partial charge on any atom is 0.243 e. The molecule has 1 N–H and O–H groups in total. The van der Waals surface area contributed by atoms with E-state index in [1.165, 1.54) is 10.5 Å². The Morgan fingerprint density at radius 1 is 1.00 bits per heavy atom. The van der Waals surface area contributed by atoms with E-state index in [1.807, 2.05) is 31.2 Å². The van der Waals surface area contributed by atoms with Gasteiger partial charge < -0.3 is 9.64 Å². The fourth-order valence-corrected chi connectivity index (χ4v) is 4.64. The molecule has 0 radical (unpaired) electrons. The molecule has 2 aromatic rings. The molecule has 134 valence electrons. The summed E-state index contributed by atoms with van der Waals surface area (Å²) < 4.78 is 32.7. The Hall–Kier alpha value is -1.89. The zero-order valence-electron chi connectivity index (χ0n) is 14.5. The van der Waals surface area contributed by atoms with E-state index in [9.17, 15) is 8.42 Å². The summed E-state index contributed by atoms with van der Waals surface area (Å²) >= 11 is 0. The number of piperazine rings is 1. The van der Waals surface area contributed by atoms with Crippen LogP contribution in [0.25, 0.3) is 0 Å². The van der Waals surface area contributed by atoms with E-state index >= 15 is 0 Å². The van der Waals surface area contributed by atoms with Crippen LogP contribution in [-0.2, 0) is 16.6 Å². The van der Waals surface area contributed by atoms with Crippen LogP contribution in [0.2, 0.25) is 0 Å². The average Bonchev–Trinajstić information content (AvgIpc) is 2.65. The van der Waals surface area contributed by atoms with Crippen molar-refractivity contribution < 1.29 is 18.1 Å². The molecule has 1 saturated heterocycles. The van der Waals surface area contributed by atoms with Crippen LogP contribution >= 0.6 is 0 Å². The standard InChI is InChI=1S/C19H24N2O3S/c1-2-24-19-11-7-6-8-17(19)16-20-12-14-21(15-13-20)25(22,23)18-9-4-3-5-10-18/h3-11H,2,12-16H2,1H3/p+1. The molecule has 25 heavy (non-hydrogen) atoms. The van der Waals surface area contributed by atoms with Crippen LogP contribution in [0.3, 0.4) is 0 Å². The molecule has 1 fully saturated rings. The van der Waals surface area contributed by atoms with Gasteiger partial charge in [-0.05, 0) is 31.2 Å². The van der Waals surface area contributed by atoms with Gasteiger partial charge >= 0.3 is 0 Å². The zero-order chi connectivity index (χ0) is 17.7. The highest BCUT2D eigenvalue weighted by atomic mass is 32.2. The summed E-state index contributed by atoms with van der Waals surface area (Å²) in [6.07, 6.45) is 0. The van der Waals surface area contributed by atoms with Gasteiger partial charge in [-0.25, -0.2) is 8.42 Å². The largest absolute Gasteiger partial charge is 0.493 e. The van der Waals surface area contributed by atoms with Gasteiger partial charge in [0.2, 0.25) is 10.0 Å². The predicted molar refractivity (Wildman–Crippen MR) is 97.2 cm³/mol. The van der Waals surface area contributed by atoms with Gasteiger partial charge in [-0.3, -0.25) is 0 Å². The summed E-state index contributed by atoms with van der Waals surface area (Å²) in [5.41, 5.74) is 1.18. The molecule has 0 aromatic heterocycles. The monoisotopic (exact) mass is 361 g/mol. The van der Waals surface area contributed by atoms with Crippen molar-refractivity contribution in [2.45, 2.75) is 18.4 Å². The number of hydrogen-bond acceptors (Lipinski definition) is 3. The van der Waals surface area contributed by atoms with Crippen LogP contribution in [0.5, 0.6) is 5.75 Å². The van der Waals surface area contributed by atoms with Gasteiger partial charge in [-0.1, -0.05) is 30.3 Å². The molecule has 0 bridgehead atoms. The second-order valence-electron chi connectivity index (χ2n) is 6.18. The molecule has 0 unspecified atom stereocenters. The number of nitrogens with zero attached hydrogens (tertiary/aromatic N) is 1. The minimum atomic E-state index is -3.38. The number of hydrogen-bond donors (Lipinski definition) is 1. The molecule has 3 rings (SSSR count). The Morgan fingerprint density at radius 3 is 2.32 bits per heavy atom. The molecule has 0 aliphatic carbocycles. The van der Waals surface area contributed by atoms with Crippen molar-refractivity contribution in [3.05, 3.63) is 60.2 Å².